The van der Waals surface area contributed by atoms with Gasteiger partial charge in [-0.25, -0.2) is 4.98 Å². The minimum Gasteiger partial charge on any atom is -0.443 e. The Kier molecular flexibility index (Phi) is 3.67. The second kappa shape index (κ2) is 5.94. The zero-order chi connectivity index (χ0) is 15.4. The molecule has 3 rings (SSSR count). The summed E-state index contributed by atoms with van der Waals surface area (Å²) in [6.45, 7) is 0. The van der Waals surface area contributed by atoms with Crippen LogP contribution < -0.4 is 5.32 Å². The van der Waals surface area contributed by atoms with Crippen molar-refractivity contribution in [2.75, 3.05) is 5.32 Å². The summed E-state index contributed by atoms with van der Waals surface area (Å²) in [5, 5.41) is 11.5. The van der Waals surface area contributed by atoms with Gasteiger partial charge >= 0.3 is 0 Å². The number of hydrogen-bond donors (Lipinski definition) is 1. The number of anilines is 1. The van der Waals surface area contributed by atoms with E-state index in [9.17, 15) is 4.79 Å². The van der Waals surface area contributed by atoms with Crippen LogP contribution in [0, 0.1) is 11.3 Å². The summed E-state index contributed by atoms with van der Waals surface area (Å²) in [5.74, 6) is 0.0593. The van der Waals surface area contributed by atoms with E-state index in [0.29, 0.717) is 17.0 Å². The highest BCUT2D eigenvalue weighted by Gasteiger charge is 2.18. The summed E-state index contributed by atoms with van der Waals surface area (Å²) in [6, 6.07) is 17.9. The Balaban J connectivity index is 1.84. The first kappa shape index (κ1) is 13.6. The van der Waals surface area contributed by atoms with Gasteiger partial charge in [0.05, 0.1) is 11.6 Å². The van der Waals surface area contributed by atoms with Crippen molar-refractivity contribution in [1.29, 1.82) is 5.26 Å². The fourth-order valence-corrected chi connectivity index (χ4v) is 2.02. The number of nitriles is 1. The van der Waals surface area contributed by atoms with E-state index < -0.39 is 0 Å². The predicted octanol–water partition coefficient (Wildman–Crippen LogP) is 3.47. The molecule has 3 aromatic rings. The molecule has 0 atom stereocenters. The van der Waals surface area contributed by atoms with Crippen LogP contribution in [0.1, 0.15) is 16.1 Å². The van der Waals surface area contributed by atoms with E-state index >= 15 is 0 Å². The number of rotatable bonds is 3. The molecule has 1 amide bonds. The highest BCUT2D eigenvalue weighted by atomic mass is 16.3. The number of benzene rings is 2. The first-order valence-electron chi connectivity index (χ1n) is 6.58. The number of carbonyl (C=O) groups excluding carboxylic acids is 1. The number of carbonyl (C=O) groups is 1. The van der Waals surface area contributed by atoms with Crippen molar-refractivity contribution >= 4 is 11.6 Å². The van der Waals surface area contributed by atoms with Gasteiger partial charge in [-0.2, -0.15) is 5.26 Å². The lowest BCUT2D eigenvalue weighted by Crippen LogP contribution is -2.13. The standard InChI is InChI=1S/C17H11N3O2/c18-10-12-6-8-14(9-7-12)20-17(21)15-16(22-11-19-15)13-4-2-1-3-5-13/h1-9,11H,(H,20,21). The average molecular weight is 289 g/mol. The van der Waals surface area contributed by atoms with Gasteiger partial charge in [0.25, 0.3) is 5.91 Å². The maximum absolute atomic E-state index is 12.3. The number of hydrogen-bond acceptors (Lipinski definition) is 4. The van der Waals surface area contributed by atoms with Crippen molar-refractivity contribution in [3.05, 3.63) is 72.2 Å². The molecule has 5 heteroatoms. The molecule has 1 aromatic heterocycles. The third kappa shape index (κ3) is 2.72. The Morgan fingerprint density at radius 2 is 1.82 bits per heavy atom. The highest BCUT2D eigenvalue weighted by molar-refractivity contribution is 6.06. The monoisotopic (exact) mass is 289 g/mol. The van der Waals surface area contributed by atoms with Gasteiger partial charge in [-0.05, 0) is 24.3 Å². The van der Waals surface area contributed by atoms with Crippen LogP contribution in [-0.2, 0) is 0 Å². The Bertz CT molecular complexity index is 830. The van der Waals surface area contributed by atoms with Crippen LogP contribution in [0.25, 0.3) is 11.3 Å². The molecule has 0 saturated carbocycles. The molecule has 0 fully saturated rings. The zero-order valence-corrected chi connectivity index (χ0v) is 11.5. The van der Waals surface area contributed by atoms with Crippen molar-refractivity contribution in [3.63, 3.8) is 0 Å². The van der Waals surface area contributed by atoms with E-state index in [4.69, 9.17) is 9.68 Å². The van der Waals surface area contributed by atoms with E-state index in [0.717, 1.165) is 5.56 Å². The first-order chi connectivity index (χ1) is 10.8. The van der Waals surface area contributed by atoms with E-state index in [2.05, 4.69) is 10.3 Å². The predicted molar refractivity (Wildman–Crippen MR) is 81.0 cm³/mol. The van der Waals surface area contributed by atoms with Gasteiger partial charge in [0.2, 0.25) is 0 Å². The minimum atomic E-state index is -0.364. The molecule has 0 spiro atoms. The molecule has 0 aliphatic carbocycles. The largest absolute Gasteiger partial charge is 0.443 e. The average Bonchev–Trinajstić information content (AvgIpc) is 3.06. The molecule has 0 saturated heterocycles. The lowest BCUT2D eigenvalue weighted by Gasteiger charge is -2.04. The van der Waals surface area contributed by atoms with Crippen LogP contribution in [0.15, 0.2) is 65.4 Å². The molecular formula is C17H11N3O2. The molecule has 1 N–H and O–H groups in total. The Hall–Kier alpha value is -3.39. The van der Waals surface area contributed by atoms with Gasteiger partial charge in [0, 0.05) is 11.3 Å². The summed E-state index contributed by atoms with van der Waals surface area (Å²) >= 11 is 0. The summed E-state index contributed by atoms with van der Waals surface area (Å²) in [4.78, 5) is 16.3. The summed E-state index contributed by atoms with van der Waals surface area (Å²) in [6.07, 6.45) is 1.25. The van der Waals surface area contributed by atoms with Gasteiger partial charge in [0.15, 0.2) is 17.8 Å². The number of nitrogens with zero attached hydrogens (tertiary/aromatic N) is 2. The SMILES string of the molecule is N#Cc1ccc(NC(=O)c2ncoc2-c2ccccc2)cc1. The lowest BCUT2D eigenvalue weighted by molar-refractivity contribution is 0.102. The number of nitrogens with one attached hydrogen (secondary N) is 1. The molecule has 0 aliphatic rings. The van der Waals surface area contributed by atoms with Gasteiger partial charge < -0.3 is 9.73 Å². The van der Waals surface area contributed by atoms with Gasteiger partial charge in [-0.15, -0.1) is 0 Å². The molecule has 2 aromatic carbocycles. The second-order valence-corrected chi connectivity index (χ2v) is 4.54. The zero-order valence-electron chi connectivity index (χ0n) is 11.5. The van der Waals surface area contributed by atoms with E-state index in [1.807, 2.05) is 36.4 Å². The maximum Gasteiger partial charge on any atom is 0.278 e. The molecule has 0 radical (unpaired) electrons. The first-order valence-corrected chi connectivity index (χ1v) is 6.58. The van der Waals surface area contributed by atoms with Crippen molar-refractivity contribution in [2.45, 2.75) is 0 Å². The fraction of sp³-hybridized carbons (Fsp3) is 0. The molecule has 5 nitrogen and oxygen atoms in total. The summed E-state index contributed by atoms with van der Waals surface area (Å²) in [5.41, 5.74) is 2.12. The van der Waals surface area contributed by atoms with Crippen molar-refractivity contribution in [3.8, 4) is 17.4 Å². The summed E-state index contributed by atoms with van der Waals surface area (Å²) < 4.78 is 5.33. The van der Waals surface area contributed by atoms with Crippen molar-refractivity contribution in [1.82, 2.24) is 4.98 Å². The molecule has 0 aliphatic heterocycles. The third-order valence-corrected chi connectivity index (χ3v) is 3.09. The third-order valence-electron chi connectivity index (χ3n) is 3.09. The molecular weight excluding hydrogens is 278 g/mol. The Morgan fingerprint density at radius 3 is 2.50 bits per heavy atom. The molecule has 1 heterocycles. The van der Waals surface area contributed by atoms with Gasteiger partial charge in [-0.3, -0.25) is 4.79 Å². The Morgan fingerprint density at radius 1 is 1.09 bits per heavy atom. The molecule has 22 heavy (non-hydrogen) atoms. The highest BCUT2D eigenvalue weighted by Crippen LogP contribution is 2.23. The quantitative estimate of drug-likeness (QED) is 0.800. The number of amides is 1. The normalized spacial score (nSPS) is 9.95. The smallest absolute Gasteiger partial charge is 0.278 e. The van der Waals surface area contributed by atoms with E-state index in [1.54, 1.807) is 24.3 Å². The second-order valence-electron chi connectivity index (χ2n) is 4.54. The number of oxazole rings is 1. The van der Waals surface area contributed by atoms with Crippen LogP contribution in [0.4, 0.5) is 5.69 Å². The van der Waals surface area contributed by atoms with Crippen LogP contribution in [0.5, 0.6) is 0 Å². The van der Waals surface area contributed by atoms with Gasteiger partial charge in [-0.1, -0.05) is 30.3 Å². The van der Waals surface area contributed by atoms with E-state index in [1.165, 1.54) is 6.39 Å². The maximum atomic E-state index is 12.3. The summed E-state index contributed by atoms with van der Waals surface area (Å²) in [7, 11) is 0. The van der Waals surface area contributed by atoms with Crippen LogP contribution in [0.2, 0.25) is 0 Å². The van der Waals surface area contributed by atoms with Crippen molar-refractivity contribution < 1.29 is 9.21 Å². The fourth-order valence-electron chi connectivity index (χ4n) is 2.02. The van der Waals surface area contributed by atoms with E-state index in [-0.39, 0.29) is 11.6 Å². The topological polar surface area (TPSA) is 78.9 Å². The van der Waals surface area contributed by atoms with Crippen LogP contribution in [0.3, 0.4) is 0 Å². The van der Waals surface area contributed by atoms with Crippen LogP contribution >= 0.6 is 0 Å². The lowest BCUT2D eigenvalue weighted by atomic mass is 10.1. The van der Waals surface area contributed by atoms with Crippen LogP contribution in [-0.4, -0.2) is 10.9 Å². The molecule has 106 valence electrons. The van der Waals surface area contributed by atoms with Crippen molar-refractivity contribution in [2.24, 2.45) is 0 Å². The minimum absolute atomic E-state index is 0.218. The molecule has 0 unspecified atom stereocenters. The molecule has 0 bridgehead atoms. The Labute approximate surface area is 126 Å². The number of aromatic nitrogens is 1. The van der Waals surface area contributed by atoms with Gasteiger partial charge in [0.1, 0.15) is 0 Å².